The average molecular weight is 356 g/mol. The second-order valence-electron chi connectivity index (χ2n) is 8.68. The number of carbonyl (C=O) groups excluding carboxylic acids is 1. The topological polar surface area (TPSA) is 63.6 Å². The summed E-state index contributed by atoms with van der Waals surface area (Å²) in [4.78, 5) is 23.9. The maximum atomic E-state index is 12.8. The third-order valence-corrected chi connectivity index (χ3v) is 7.51. The van der Waals surface area contributed by atoms with E-state index in [9.17, 15) is 9.59 Å². The number of hydrogen-bond acceptors (Lipinski definition) is 3. The Kier molecular flexibility index (Phi) is 4.32. The van der Waals surface area contributed by atoms with Gasteiger partial charge in [0.1, 0.15) is 11.5 Å². The van der Waals surface area contributed by atoms with Crippen LogP contribution in [-0.2, 0) is 16.0 Å². The van der Waals surface area contributed by atoms with Gasteiger partial charge in [-0.1, -0.05) is 13.0 Å². The highest BCUT2D eigenvalue weighted by Crippen LogP contribution is 2.62. The fourth-order valence-electron chi connectivity index (χ4n) is 6.32. The van der Waals surface area contributed by atoms with Crippen LogP contribution >= 0.6 is 0 Å². The number of carboxylic acid groups (broad SMARTS) is 1. The highest BCUT2D eigenvalue weighted by atomic mass is 16.5. The Bertz CT molecular complexity index is 740. The third kappa shape index (κ3) is 2.65. The first-order valence-corrected chi connectivity index (χ1v) is 9.86. The zero-order valence-electron chi connectivity index (χ0n) is 15.7. The van der Waals surface area contributed by atoms with Crippen molar-refractivity contribution in [1.29, 1.82) is 0 Å². The molecule has 3 aliphatic carbocycles. The van der Waals surface area contributed by atoms with Gasteiger partial charge in [0.25, 0.3) is 0 Å². The molecular weight excluding hydrogens is 328 g/mol. The number of benzene rings is 1. The van der Waals surface area contributed by atoms with Crippen molar-refractivity contribution in [3.63, 3.8) is 0 Å². The normalized spacial score (nSPS) is 35.4. The van der Waals surface area contributed by atoms with Crippen LogP contribution in [0.5, 0.6) is 5.75 Å². The minimum absolute atomic E-state index is 0.176. The summed E-state index contributed by atoms with van der Waals surface area (Å²) in [7, 11) is 1.70. The molecule has 1 N–H and O–H groups in total. The van der Waals surface area contributed by atoms with Crippen molar-refractivity contribution in [2.75, 3.05) is 7.11 Å². The van der Waals surface area contributed by atoms with E-state index in [1.807, 2.05) is 0 Å². The lowest BCUT2D eigenvalue weighted by Gasteiger charge is -2.50. The summed E-state index contributed by atoms with van der Waals surface area (Å²) < 4.78 is 5.39. The Morgan fingerprint density at radius 3 is 2.88 bits per heavy atom. The largest absolute Gasteiger partial charge is 0.497 e. The van der Waals surface area contributed by atoms with Crippen LogP contribution in [0, 0.1) is 23.2 Å². The molecule has 0 bridgehead atoms. The second-order valence-corrected chi connectivity index (χ2v) is 8.68. The molecule has 26 heavy (non-hydrogen) atoms. The highest BCUT2D eigenvalue weighted by molar-refractivity contribution is 5.87. The van der Waals surface area contributed by atoms with Crippen molar-refractivity contribution < 1.29 is 19.4 Å². The monoisotopic (exact) mass is 356 g/mol. The summed E-state index contributed by atoms with van der Waals surface area (Å²) in [5.41, 5.74) is 2.58. The van der Waals surface area contributed by atoms with Gasteiger partial charge in [-0.05, 0) is 79.0 Å². The molecule has 0 heterocycles. The van der Waals surface area contributed by atoms with Crippen LogP contribution in [0.3, 0.4) is 0 Å². The first-order valence-electron chi connectivity index (χ1n) is 9.86. The van der Waals surface area contributed by atoms with Crippen molar-refractivity contribution >= 4 is 11.8 Å². The fourth-order valence-corrected chi connectivity index (χ4v) is 6.32. The number of carboxylic acids is 1. The number of fused-ring (bicyclic) bond motifs is 5. The Morgan fingerprint density at radius 2 is 2.15 bits per heavy atom. The maximum absolute atomic E-state index is 12.8. The predicted molar refractivity (Wildman–Crippen MR) is 98.4 cm³/mol. The number of ketones is 1. The summed E-state index contributed by atoms with van der Waals surface area (Å²) >= 11 is 0. The van der Waals surface area contributed by atoms with E-state index >= 15 is 0 Å². The minimum atomic E-state index is -0.750. The van der Waals surface area contributed by atoms with Gasteiger partial charge < -0.3 is 9.84 Å². The molecule has 1 aromatic rings. The predicted octanol–water partition coefficient (Wildman–Crippen LogP) is 4.21. The number of aliphatic carboxylic acids is 1. The molecule has 5 atom stereocenters. The zero-order chi connectivity index (χ0) is 18.5. The number of hydrogen-bond donors (Lipinski definition) is 1. The van der Waals surface area contributed by atoms with Crippen molar-refractivity contribution in [1.82, 2.24) is 0 Å². The Balaban J connectivity index is 1.65. The van der Waals surface area contributed by atoms with E-state index in [4.69, 9.17) is 9.84 Å². The van der Waals surface area contributed by atoms with Crippen LogP contribution in [0.2, 0.25) is 0 Å². The Hall–Kier alpha value is -1.84. The molecular formula is C22H28O4. The molecule has 0 amide bonds. The third-order valence-electron chi connectivity index (χ3n) is 7.51. The molecule has 0 aromatic heterocycles. The van der Waals surface area contributed by atoms with Crippen LogP contribution < -0.4 is 4.74 Å². The number of methoxy groups -OCH3 is 1. The van der Waals surface area contributed by atoms with Gasteiger partial charge in [0.15, 0.2) is 0 Å². The quantitative estimate of drug-likeness (QED) is 0.878. The molecule has 140 valence electrons. The van der Waals surface area contributed by atoms with Crippen LogP contribution in [0.4, 0.5) is 0 Å². The lowest BCUT2D eigenvalue weighted by molar-refractivity contribution is -0.137. The van der Waals surface area contributed by atoms with E-state index < -0.39 is 5.97 Å². The lowest BCUT2D eigenvalue weighted by atomic mass is 9.54. The Morgan fingerprint density at radius 1 is 1.35 bits per heavy atom. The molecule has 0 saturated heterocycles. The van der Waals surface area contributed by atoms with Crippen LogP contribution in [0.25, 0.3) is 0 Å². The molecule has 4 nitrogen and oxygen atoms in total. The molecule has 0 spiro atoms. The average Bonchev–Trinajstić information content (AvgIpc) is 2.89. The number of rotatable bonds is 4. The standard InChI is InChI=1S/C22H28O4/c1-22-10-9-17-16-7-5-15(26-2)11-13(16)3-6-18(17)21(22)14(12-19(22)23)4-8-20(24)25/h5,7,11,14,17-18,21H,3-4,6,8-10,12H2,1-2H3,(H,24,25)/t14-,17?,18?,21?,22-/m1/s1. The first kappa shape index (κ1) is 17.6. The Labute approximate surface area is 154 Å². The first-order chi connectivity index (χ1) is 12.4. The van der Waals surface area contributed by atoms with Crippen molar-refractivity contribution in [2.45, 2.75) is 57.8 Å². The van der Waals surface area contributed by atoms with Gasteiger partial charge in [-0.25, -0.2) is 0 Å². The number of ether oxygens (including phenoxy) is 1. The van der Waals surface area contributed by atoms with Crippen LogP contribution in [-0.4, -0.2) is 24.0 Å². The molecule has 4 heteroatoms. The van der Waals surface area contributed by atoms with Crippen molar-refractivity contribution in [3.8, 4) is 5.75 Å². The lowest BCUT2D eigenvalue weighted by Crippen LogP contribution is -2.44. The molecule has 2 fully saturated rings. The van der Waals surface area contributed by atoms with E-state index in [0.29, 0.717) is 36.4 Å². The summed E-state index contributed by atoms with van der Waals surface area (Å²) in [6, 6.07) is 6.44. The molecule has 4 rings (SSSR count). The van der Waals surface area contributed by atoms with Gasteiger partial charge >= 0.3 is 5.97 Å². The van der Waals surface area contributed by atoms with E-state index in [2.05, 4.69) is 25.1 Å². The van der Waals surface area contributed by atoms with Crippen LogP contribution in [0.1, 0.15) is 62.5 Å². The van der Waals surface area contributed by atoms with Crippen LogP contribution in [0.15, 0.2) is 18.2 Å². The van der Waals surface area contributed by atoms with E-state index in [0.717, 1.165) is 31.4 Å². The number of Topliss-reactive ketones (excluding diaryl/α,β-unsaturated/α-hetero) is 1. The molecule has 1 aromatic carbocycles. The van der Waals surface area contributed by atoms with Gasteiger partial charge in [0.2, 0.25) is 0 Å². The fraction of sp³-hybridized carbons (Fsp3) is 0.636. The maximum Gasteiger partial charge on any atom is 0.303 e. The van der Waals surface area contributed by atoms with E-state index in [-0.39, 0.29) is 17.8 Å². The van der Waals surface area contributed by atoms with Gasteiger partial charge in [-0.3, -0.25) is 9.59 Å². The van der Waals surface area contributed by atoms with Gasteiger partial charge in [-0.2, -0.15) is 0 Å². The molecule has 0 aliphatic heterocycles. The molecule has 0 radical (unpaired) electrons. The van der Waals surface area contributed by atoms with E-state index in [1.165, 1.54) is 11.1 Å². The molecule has 3 unspecified atom stereocenters. The summed E-state index contributed by atoms with van der Waals surface area (Å²) in [5, 5.41) is 9.12. The van der Waals surface area contributed by atoms with Gasteiger partial charge in [-0.15, -0.1) is 0 Å². The summed E-state index contributed by atoms with van der Waals surface area (Å²) in [5.74, 6) is 2.11. The number of aryl methyl sites for hydroxylation is 1. The summed E-state index contributed by atoms with van der Waals surface area (Å²) in [6.07, 6.45) is 5.52. The summed E-state index contributed by atoms with van der Waals surface area (Å²) in [6.45, 7) is 2.15. The van der Waals surface area contributed by atoms with Gasteiger partial charge in [0, 0.05) is 18.3 Å². The second kappa shape index (κ2) is 6.40. The SMILES string of the molecule is COc1ccc2c(c1)CCC1C2CC[C@]2(C)C(=O)C[C@@H](CCC(=O)O)C12. The minimum Gasteiger partial charge on any atom is -0.497 e. The van der Waals surface area contributed by atoms with Crippen molar-refractivity contribution in [3.05, 3.63) is 29.3 Å². The zero-order valence-corrected chi connectivity index (χ0v) is 15.7. The molecule has 3 aliphatic rings. The highest BCUT2D eigenvalue weighted by Gasteiger charge is 2.58. The van der Waals surface area contributed by atoms with Gasteiger partial charge in [0.05, 0.1) is 7.11 Å². The number of carbonyl (C=O) groups is 2. The smallest absolute Gasteiger partial charge is 0.303 e. The molecule has 2 saturated carbocycles. The van der Waals surface area contributed by atoms with Crippen molar-refractivity contribution in [2.24, 2.45) is 23.2 Å². The van der Waals surface area contributed by atoms with E-state index in [1.54, 1.807) is 7.11 Å².